The lowest BCUT2D eigenvalue weighted by Gasteiger charge is -2.50. The van der Waals surface area contributed by atoms with Crippen molar-refractivity contribution in [1.29, 1.82) is 10.5 Å². The van der Waals surface area contributed by atoms with Crippen LogP contribution in [0.4, 0.5) is 22.7 Å². The molecule has 4 heteroatoms. The first-order chi connectivity index (χ1) is 32.6. The average Bonchev–Trinajstić information content (AvgIpc) is 3.87. The molecule has 326 valence electrons. The molecule has 3 aliphatic carbocycles. The standard InChI is InChI=1S/C63H54N4/c1-59-31-13-15-33-61(59,3)66(55-29-23-41(39-64)35-53(55)59)45-25-27-49-51(37-45)47-21-11-12-22-48(47)57-50-28-26-46(67-56-30-24-42(40-65)36-54(56)60(2)32-14-16-34-62(60,67)4)38-52(50)63(58(49)57,43-17-7-5-8-18-43)44-19-9-6-10-20-44/h5-12,17-30,35-38H,13-16,31-34H2,1-4H3. The minimum Gasteiger partial charge on any atom is -0.334 e. The van der Waals surface area contributed by atoms with Gasteiger partial charge in [0.25, 0.3) is 0 Å². The van der Waals surface area contributed by atoms with Gasteiger partial charge >= 0.3 is 0 Å². The molecule has 2 fully saturated rings. The normalized spacial score (nSPS) is 25.1. The minimum atomic E-state index is -0.654. The molecule has 0 aromatic heterocycles. The third-order valence-electron chi connectivity index (χ3n) is 18.5. The van der Waals surface area contributed by atoms with E-state index in [-0.39, 0.29) is 21.9 Å². The molecule has 5 aliphatic rings. The van der Waals surface area contributed by atoms with Crippen molar-refractivity contribution in [3.63, 3.8) is 0 Å². The number of hydrogen-bond acceptors (Lipinski definition) is 4. The van der Waals surface area contributed by atoms with Crippen molar-refractivity contribution >= 4 is 44.3 Å². The maximum Gasteiger partial charge on any atom is 0.0991 e. The molecule has 4 unspecified atom stereocenters. The zero-order chi connectivity index (χ0) is 45.5. The molecular weight excluding hydrogens is 813 g/mol. The highest BCUT2D eigenvalue weighted by atomic mass is 15.3. The zero-order valence-corrected chi connectivity index (χ0v) is 39.0. The first kappa shape index (κ1) is 40.2. The summed E-state index contributed by atoms with van der Waals surface area (Å²) in [6.07, 6.45) is 9.11. The molecule has 2 aliphatic heterocycles. The summed E-state index contributed by atoms with van der Waals surface area (Å²) in [6, 6.07) is 64.2. The predicted molar refractivity (Wildman–Crippen MR) is 274 cm³/mol. The number of nitrogens with zero attached hydrogens (tertiary/aromatic N) is 4. The van der Waals surface area contributed by atoms with E-state index < -0.39 is 5.41 Å². The Labute approximate surface area is 394 Å². The highest BCUT2D eigenvalue weighted by Gasteiger charge is 2.60. The van der Waals surface area contributed by atoms with Crippen LogP contribution in [-0.2, 0) is 16.2 Å². The molecule has 13 rings (SSSR count). The number of nitriles is 2. The van der Waals surface area contributed by atoms with Crippen molar-refractivity contribution in [2.24, 2.45) is 0 Å². The molecule has 8 aromatic carbocycles. The fraction of sp³-hybridized carbons (Fsp3) is 0.270. The Bertz CT molecular complexity index is 3450. The molecular formula is C63H54N4. The van der Waals surface area contributed by atoms with E-state index in [1.165, 1.54) is 114 Å². The van der Waals surface area contributed by atoms with Gasteiger partial charge in [-0.1, -0.05) is 137 Å². The second-order valence-electron chi connectivity index (χ2n) is 21.2. The van der Waals surface area contributed by atoms with Crippen molar-refractivity contribution in [3.05, 3.63) is 202 Å². The molecule has 8 aromatic rings. The Morgan fingerprint density at radius 3 is 1.48 bits per heavy atom. The molecule has 0 N–H and O–H groups in total. The number of fused-ring (bicyclic) bond motifs is 14. The van der Waals surface area contributed by atoms with Gasteiger partial charge in [0.2, 0.25) is 0 Å². The van der Waals surface area contributed by atoms with Gasteiger partial charge in [-0.25, -0.2) is 0 Å². The van der Waals surface area contributed by atoms with Gasteiger partial charge < -0.3 is 9.80 Å². The second kappa shape index (κ2) is 13.9. The van der Waals surface area contributed by atoms with E-state index >= 15 is 0 Å². The van der Waals surface area contributed by atoms with Gasteiger partial charge in [-0.3, -0.25) is 0 Å². The summed E-state index contributed by atoms with van der Waals surface area (Å²) in [4.78, 5) is 5.32. The number of benzene rings is 8. The highest BCUT2D eigenvalue weighted by Crippen LogP contribution is 2.66. The van der Waals surface area contributed by atoms with Gasteiger partial charge in [0.1, 0.15) is 0 Å². The van der Waals surface area contributed by atoms with Gasteiger partial charge in [0, 0.05) is 33.6 Å². The summed E-state index contributed by atoms with van der Waals surface area (Å²) in [5, 5.41) is 25.3. The first-order valence-corrected chi connectivity index (χ1v) is 24.6. The van der Waals surface area contributed by atoms with Gasteiger partial charge in [-0.05, 0) is 166 Å². The van der Waals surface area contributed by atoms with Crippen LogP contribution in [0.2, 0.25) is 0 Å². The van der Waals surface area contributed by atoms with E-state index in [1.807, 2.05) is 12.1 Å². The van der Waals surface area contributed by atoms with Crippen molar-refractivity contribution in [2.45, 2.75) is 106 Å². The van der Waals surface area contributed by atoms with Crippen LogP contribution in [0.1, 0.15) is 124 Å². The molecule has 0 spiro atoms. The van der Waals surface area contributed by atoms with Crippen molar-refractivity contribution in [2.75, 3.05) is 9.80 Å². The Kier molecular flexibility index (Phi) is 8.36. The fourth-order valence-corrected chi connectivity index (χ4v) is 14.9. The zero-order valence-electron chi connectivity index (χ0n) is 39.0. The van der Waals surface area contributed by atoms with Crippen LogP contribution in [-0.4, -0.2) is 11.1 Å². The highest BCUT2D eigenvalue weighted by molar-refractivity contribution is 6.20. The Balaban J connectivity index is 1.11. The lowest BCUT2D eigenvalue weighted by atomic mass is 9.61. The third kappa shape index (κ3) is 4.96. The molecule has 2 saturated carbocycles. The van der Waals surface area contributed by atoms with Crippen LogP contribution in [0.15, 0.2) is 158 Å². The SMILES string of the molecule is CC12CCCCC1(C)N(c1ccc3c(c1)C(c1ccccc1)(c1ccccc1)c1c-3c3ccccc3c3cc(N4c5ccc(C#N)cc5C5(C)CCCCC45C)ccc13)c1ccc(C#N)cc12. The summed E-state index contributed by atoms with van der Waals surface area (Å²) in [5.41, 5.74) is 15.5. The summed E-state index contributed by atoms with van der Waals surface area (Å²) >= 11 is 0. The smallest absolute Gasteiger partial charge is 0.0991 e. The molecule has 0 radical (unpaired) electrons. The Morgan fingerprint density at radius 2 is 0.925 bits per heavy atom. The summed E-state index contributed by atoms with van der Waals surface area (Å²) in [5.74, 6) is 0. The van der Waals surface area contributed by atoms with E-state index in [0.29, 0.717) is 0 Å². The van der Waals surface area contributed by atoms with E-state index in [9.17, 15) is 10.5 Å². The summed E-state index contributed by atoms with van der Waals surface area (Å²) in [7, 11) is 0. The van der Waals surface area contributed by atoms with Crippen molar-refractivity contribution in [1.82, 2.24) is 0 Å². The monoisotopic (exact) mass is 866 g/mol. The lowest BCUT2D eigenvalue weighted by Crippen LogP contribution is -2.54. The van der Waals surface area contributed by atoms with E-state index in [4.69, 9.17) is 0 Å². The van der Waals surface area contributed by atoms with Crippen molar-refractivity contribution in [3.8, 4) is 23.3 Å². The maximum atomic E-state index is 10.1. The van der Waals surface area contributed by atoms with Gasteiger partial charge in [0.05, 0.1) is 39.8 Å². The minimum absolute atomic E-state index is 0.0858. The second-order valence-corrected chi connectivity index (χ2v) is 21.2. The third-order valence-corrected chi connectivity index (χ3v) is 18.5. The average molecular weight is 867 g/mol. The molecule has 4 nitrogen and oxygen atoms in total. The van der Waals surface area contributed by atoms with Gasteiger partial charge in [-0.15, -0.1) is 0 Å². The molecule has 0 amide bonds. The Morgan fingerprint density at radius 1 is 0.433 bits per heavy atom. The number of hydrogen-bond donors (Lipinski definition) is 0. The fourth-order valence-electron chi connectivity index (χ4n) is 14.9. The van der Waals surface area contributed by atoms with E-state index in [1.54, 1.807) is 0 Å². The van der Waals surface area contributed by atoms with E-state index in [2.05, 4.69) is 195 Å². The van der Waals surface area contributed by atoms with Crippen LogP contribution >= 0.6 is 0 Å². The molecule has 0 bridgehead atoms. The molecule has 0 saturated heterocycles. The lowest BCUT2D eigenvalue weighted by molar-refractivity contribution is 0.195. The number of anilines is 4. The first-order valence-electron chi connectivity index (χ1n) is 24.6. The van der Waals surface area contributed by atoms with Crippen LogP contribution < -0.4 is 9.80 Å². The van der Waals surface area contributed by atoms with Crippen molar-refractivity contribution < 1.29 is 0 Å². The van der Waals surface area contributed by atoms with Crippen LogP contribution in [0.3, 0.4) is 0 Å². The summed E-state index contributed by atoms with van der Waals surface area (Å²) in [6.45, 7) is 9.87. The molecule has 67 heavy (non-hydrogen) atoms. The largest absolute Gasteiger partial charge is 0.334 e. The van der Waals surface area contributed by atoms with Crippen LogP contribution in [0.25, 0.3) is 32.7 Å². The topological polar surface area (TPSA) is 54.1 Å². The quantitative estimate of drug-likeness (QED) is 0.165. The maximum absolute atomic E-state index is 10.1. The predicted octanol–water partition coefficient (Wildman–Crippen LogP) is 15.6. The van der Waals surface area contributed by atoms with E-state index in [0.717, 1.165) is 36.8 Å². The number of rotatable bonds is 4. The van der Waals surface area contributed by atoms with Gasteiger partial charge in [-0.2, -0.15) is 10.5 Å². The Hall–Kier alpha value is -7.14. The molecule has 2 heterocycles. The van der Waals surface area contributed by atoms with Crippen LogP contribution in [0, 0.1) is 22.7 Å². The van der Waals surface area contributed by atoms with Gasteiger partial charge in [0.15, 0.2) is 0 Å². The molecule has 4 atom stereocenters. The summed E-state index contributed by atoms with van der Waals surface area (Å²) < 4.78 is 0. The van der Waals surface area contributed by atoms with Crippen LogP contribution in [0.5, 0.6) is 0 Å².